The van der Waals surface area contributed by atoms with Gasteiger partial charge in [0.25, 0.3) is 0 Å². The van der Waals surface area contributed by atoms with Crippen molar-refractivity contribution >= 4 is 15.9 Å². The fraction of sp³-hybridized carbons (Fsp3) is 0.182. The first-order valence-electron chi connectivity index (χ1n) is 8.47. The predicted octanol–water partition coefficient (Wildman–Crippen LogP) is 6.08. The van der Waals surface area contributed by atoms with Gasteiger partial charge in [0.15, 0.2) is 0 Å². The van der Waals surface area contributed by atoms with Gasteiger partial charge in [-0.3, -0.25) is 0 Å². The molecule has 0 radical (unpaired) electrons. The molecule has 0 bridgehead atoms. The van der Waals surface area contributed by atoms with Crippen LogP contribution in [0, 0.1) is 5.82 Å². The zero-order valence-electron chi connectivity index (χ0n) is 14.3. The fourth-order valence-corrected chi connectivity index (χ4v) is 3.73. The van der Waals surface area contributed by atoms with E-state index in [1.54, 1.807) is 19.2 Å². The molecule has 0 aliphatic carbocycles. The lowest BCUT2D eigenvalue weighted by Crippen LogP contribution is -2.15. The first kappa shape index (κ1) is 17.3. The summed E-state index contributed by atoms with van der Waals surface area (Å²) in [5.74, 6) is 0.384. The molecule has 0 aromatic heterocycles. The molecule has 1 atom stereocenters. The van der Waals surface area contributed by atoms with Gasteiger partial charge < -0.3 is 9.47 Å². The van der Waals surface area contributed by atoms with Gasteiger partial charge in [0.2, 0.25) is 0 Å². The van der Waals surface area contributed by atoms with E-state index in [0.717, 1.165) is 22.0 Å². The van der Waals surface area contributed by atoms with Crippen LogP contribution in [0.25, 0.3) is 11.1 Å². The Morgan fingerprint density at radius 3 is 2.58 bits per heavy atom. The molecule has 1 heterocycles. The van der Waals surface area contributed by atoms with Crippen molar-refractivity contribution in [2.24, 2.45) is 0 Å². The first-order chi connectivity index (χ1) is 12.6. The molecule has 3 aromatic carbocycles. The second-order valence-corrected chi connectivity index (χ2v) is 7.30. The summed E-state index contributed by atoms with van der Waals surface area (Å²) in [5, 5.41) is 0. The van der Waals surface area contributed by atoms with E-state index in [2.05, 4.69) is 28.1 Å². The van der Waals surface area contributed by atoms with Crippen molar-refractivity contribution in [1.82, 2.24) is 0 Å². The molecule has 4 heteroatoms. The molecule has 2 nitrogen and oxygen atoms in total. The third-order valence-corrected chi connectivity index (χ3v) is 5.27. The van der Waals surface area contributed by atoms with E-state index in [0.29, 0.717) is 17.9 Å². The summed E-state index contributed by atoms with van der Waals surface area (Å²) in [6.07, 6.45) is 0.850. The monoisotopic (exact) mass is 412 g/mol. The molecule has 4 rings (SSSR count). The normalized spacial score (nSPS) is 16.2. The van der Waals surface area contributed by atoms with Crippen LogP contribution in [0.3, 0.4) is 0 Å². The van der Waals surface area contributed by atoms with E-state index in [9.17, 15) is 4.39 Å². The number of hydrogen-bond donors (Lipinski definition) is 0. The maximum absolute atomic E-state index is 14.2. The van der Waals surface area contributed by atoms with Gasteiger partial charge in [-0.15, -0.1) is 0 Å². The SMILES string of the molecule is COc1ccc(F)c(-c2ccc([C@@H]3Cc4cc(Br)ccc4CO3)cc2)c1. The van der Waals surface area contributed by atoms with Crippen LogP contribution in [0.2, 0.25) is 0 Å². The zero-order valence-corrected chi connectivity index (χ0v) is 15.9. The Kier molecular flexibility index (Phi) is 4.79. The second-order valence-electron chi connectivity index (χ2n) is 6.38. The Morgan fingerprint density at radius 1 is 1.00 bits per heavy atom. The molecule has 132 valence electrons. The predicted molar refractivity (Wildman–Crippen MR) is 104 cm³/mol. The molecule has 1 aliphatic heterocycles. The summed E-state index contributed by atoms with van der Waals surface area (Å²) < 4.78 is 26.5. The molecule has 0 saturated heterocycles. The third kappa shape index (κ3) is 3.39. The molecular weight excluding hydrogens is 395 g/mol. The van der Waals surface area contributed by atoms with Crippen LogP contribution >= 0.6 is 15.9 Å². The van der Waals surface area contributed by atoms with Gasteiger partial charge in [0.05, 0.1) is 19.8 Å². The Bertz CT molecular complexity index is 937. The number of fused-ring (bicyclic) bond motifs is 1. The van der Waals surface area contributed by atoms with Crippen LogP contribution in [-0.2, 0) is 17.8 Å². The van der Waals surface area contributed by atoms with Gasteiger partial charge >= 0.3 is 0 Å². The minimum absolute atomic E-state index is 0.0148. The van der Waals surface area contributed by atoms with Gasteiger partial charge in [-0.1, -0.05) is 46.3 Å². The Labute approximate surface area is 160 Å². The van der Waals surface area contributed by atoms with E-state index < -0.39 is 0 Å². The van der Waals surface area contributed by atoms with Crippen molar-refractivity contribution in [3.63, 3.8) is 0 Å². The number of methoxy groups -OCH3 is 1. The topological polar surface area (TPSA) is 18.5 Å². The maximum Gasteiger partial charge on any atom is 0.131 e. The molecule has 0 saturated carbocycles. The largest absolute Gasteiger partial charge is 0.497 e. The average Bonchev–Trinajstić information content (AvgIpc) is 2.68. The molecule has 0 N–H and O–H groups in total. The van der Waals surface area contributed by atoms with Gasteiger partial charge in [-0.05, 0) is 52.6 Å². The highest BCUT2D eigenvalue weighted by Crippen LogP contribution is 2.34. The molecule has 1 aliphatic rings. The Balaban J connectivity index is 1.59. The van der Waals surface area contributed by atoms with Crippen LogP contribution in [0.5, 0.6) is 5.75 Å². The highest BCUT2D eigenvalue weighted by molar-refractivity contribution is 9.10. The summed E-state index contributed by atoms with van der Waals surface area (Å²) in [6.45, 7) is 0.611. The summed E-state index contributed by atoms with van der Waals surface area (Å²) in [5.41, 5.74) is 5.00. The van der Waals surface area contributed by atoms with E-state index in [-0.39, 0.29) is 11.9 Å². The van der Waals surface area contributed by atoms with Crippen molar-refractivity contribution in [3.8, 4) is 16.9 Å². The molecule has 0 amide bonds. The first-order valence-corrected chi connectivity index (χ1v) is 9.26. The van der Waals surface area contributed by atoms with Crippen molar-refractivity contribution in [1.29, 1.82) is 0 Å². The van der Waals surface area contributed by atoms with Crippen LogP contribution in [0.4, 0.5) is 4.39 Å². The summed E-state index contributed by atoms with van der Waals surface area (Å²) in [6, 6.07) is 19.0. The zero-order chi connectivity index (χ0) is 18.1. The quantitative estimate of drug-likeness (QED) is 0.518. The van der Waals surface area contributed by atoms with E-state index in [1.165, 1.54) is 17.2 Å². The van der Waals surface area contributed by atoms with Gasteiger partial charge in [0.1, 0.15) is 11.6 Å². The number of benzene rings is 3. The average molecular weight is 413 g/mol. The van der Waals surface area contributed by atoms with Crippen molar-refractivity contribution < 1.29 is 13.9 Å². The molecule has 0 unspecified atom stereocenters. The highest BCUT2D eigenvalue weighted by Gasteiger charge is 2.21. The molecule has 3 aromatic rings. The lowest BCUT2D eigenvalue weighted by molar-refractivity contribution is 0.0274. The summed E-state index contributed by atoms with van der Waals surface area (Å²) in [7, 11) is 1.58. The van der Waals surface area contributed by atoms with Gasteiger partial charge in [-0.25, -0.2) is 4.39 Å². The number of hydrogen-bond acceptors (Lipinski definition) is 2. The standard InChI is InChI=1S/C22H18BrFO2/c1-25-19-8-9-21(24)20(12-19)14-2-4-15(5-3-14)22-11-17-10-18(23)7-6-16(17)13-26-22/h2-10,12,22H,11,13H2,1H3/t22-/m0/s1. The van der Waals surface area contributed by atoms with E-state index in [1.807, 2.05) is 30.3 Å². The summed E-state index contributed by atoms with van der Waals surface area (Å²) >= 11 is 3.53. The van der Waals surface area contributed by atoms with Gasteiger partial charge in [0, 0.05) is 16.5 Å². The second kappa shape index (κ2) is 7.22. The van der Waals surface area contributed by atoms with Crippen LogP contribution in [0.1, 0.15) is 22.8 Å². The minimum atomic E-state index is -0.258. The molecular formula is C22H18BrFO2. The van der Waals surface area contributed by atoms with E-state index >= 15 is 0 Å². The fourth-order valence-electron chi connectivity index (χ4n) is 3.32. The van der Waals surface area contributed by atoms with Crippen LogP contribution < -0.4 is 4.74 Å². The van der Waals surface area contributed by atoms with Crippen molar-refractivity contribution in [2.45, 2.75) is 19.1 Å². The van der Waals surface area contributed by atoms with Crippen LogP contribution in [0.15, 0.2) is 65.1 Å². The molecule has 26 heavy (non-hydrogen) atoms. The van der Waals surface area contributed by atoms with E-state index in [4.69, 9.17) is 9.47 Å². The summed E-state index contributed by atoms with van der Waals surface area (Å²) in [4.78, 5) is 0. The highest BCUT2D eigenvalue weighted by atomic mass is 79.9. The molecule has 0 spiro atoms. The van der Waals surface area contributed by atoms with Crippen LogP contribution in [-0.4, -0.2) is 7.11 Å². The van der Waals surface area contributed by atoms with Crippen molar-refractivity contribution in [2.75, 3.05) is 7.11 Å². The van der Waals surface area contributed by atoms with Gasteiger partial charge in [-0.2, -0.15) is 0 Å². The Morgan fingerprint density at radius 2 is 1.81 bits per heavy atom. The maximum atomic E-state index is 14.2. The number of halogens is 2. The minimum Gasteiger partial charge on any atom is -0.497 e. The smallest absolute Gasteiger partial charge is 0.131 e. The number of ether oxygens (including phenoxy) is 2. The third-order valence-electron chi connectivity index (χ3n) is 4.78. The molecule has 0 fully saturated rings. The lowest BCUT2D eigenvalue weighted by atomic mass is 9.94. The number of rotatable bonds is 3. The lowest BCUT2D eigenvalue weighted by Gasteiger charge is -2.26. The Hall–Kier alpha value is -2.17. The van der Waals surface area contributed by atoms with Crippen molar-refractivity contribution in [3.05, 3.63) is 87.6 Å².